The number of carbonyl (C=O) groups excluding carboxylic acids is 1. The number of hydrogen-bond acceptors (Lipinski definition) is 14. The van der Waals surface area contributed by atoms with Gasteiger partial charge in [0.25, 0.3) is 0 Å². The molecule has 1 heterocycles. The molecule has 1 aliphatic rings. The molecule has 0 unspecified atom stereocenters. The second-order valence-electron chi connectivity index (χ2n) is 11.4. The van der Waals surface area contributed by atoms with Crippen LogP contribution in [0.4, 0.5) is 0 Å². The third-order valence-electron chi connectivity index (χ3n) is 8.31. The number of methoxy groups -OCH3 is 3. The van der Waals surface area contributed by atoms with Gasteiger partial charge in [0, 0.05) is 13.2 Å². The van der Waals surface area contributed by atoms with E-state index in [0.717, 1.165) is 11.1 Å². The van der Waals surface area contributed by atoms with Gasteiger partial charge in [-0.15, -0.1) is 0 Å². The Bertz CT molecular complexity index is 1510. The summed E-state index contributed by atoms with van der Waals surface area (Å²) in [5, 5.41) is 71.7. The molecule has 14 heteroatoms. The van der Waals surface area contributed by atoms with Crippen molar-refractivity contribution in [3.05, 3.63) is 71.3 Å². The third-order valence-corrected chi connectivity index (χ3v) is 8.31. The molecule has 0 saturated carbocycles. The molecule has 48 heavy (non-hydrogen) atoms. The standard InChI is InChI=1S/C34H42O14/c1-43-26-12-18(4-7-23(26)37)10-21(15-35)22(16-36)11-19-5-9-25(28(13-19)45-3)47-34-32(41)31(40)30(39)29(48-34)17-46-33(42)20-6-8-24(38)27(14-20)44-2/h4-9,12-14,21-22,29-32,34-41H,10-11,15-17H2,1-3H3/t21-,22-,29+,30+,31-,32+,34+/m0/s1. The van der Waals surface area contributed by atoms with Gasteiger partial charge in [-0.3, -0.25) is 0 Å². The molecule has 1 aliphatic heterocycles. The highest BCUT2D eigenvalue weighted by atomic mass is 16.7. The third kappa shape index (κ3) is 8.58. The summed E-state index contributed by atoms with van der Waals surface area (Å²) in [6.07, 6.45) is -7.00. The zero-order valence-electron chi connectivity index (χ0n) is 26.8. The number of carbonyl (C=O) groups is 1. The first-order chi connectivity index (χ1) is 23.0. The fourth-order valence-corrected chi connectivity index (χ4v) is 5.47. The number of rotatable bonds is 15. The minimum absolute atomic E-state index is 0.00214. The molecule has 3 aromatic carbocycles. The van der Waals surface area contributed by atoms with Gasteiger partial charge in [0.1, 0.15) is 31.0 Å². The van der Waals surface area contributed by atoms with Crippen molar-refractivity contribution < 1.29 is 69.0 Å². The molecule has 262 valence electrons. The number of ether oxygens (including phenoxy) is 6. The molecule has 0 aliphatic carbocycles. The van der Waals surface area contributed by atoms with E-state index in [1.807, 2.05) is 0 Å². The molecule has 7 atom stereocenters. The Morgan fingerprint density at radius 2 is 1.25 bits per heavy atom. The number of aliphatic hydroxyl groups is 5. The van der Waals surface area contributed by atoms with Gasteiger partial charge in [0.2, 0.25) is 6.29 Å². The zero-order valence-corrected chi connectivity index (χ0v) is 26.8. The normalized spacial score (nSPS) is 22.0. The van der Waals surface area contributed by atoms with E-state index in [4.69, 9.17) is 28.4 Å². The number of esters is 1. The van der Waals surface area contributed by atoms with Crippen LogP contribution in [0.2, 0.25) is 0 Å². The van der Waals surface area contributed by atoms with Crippen molar-refractivity contribution in [3.8, 4) is 34.5 Å². The number of hydrogen-bond donors (Lipinski definition) is 7. The van der Waals surface area contributed by atoms with E-state index in [9.17, 15) is 40.5 Å². The SMILES string of the molecule is COc1cc(C[C@@H](CO)[C@H](CO)Cc2ccc(O[C@@H]3O[C@H](COC(=O)c4ccc(O)c(OC)c4)[C@@H](O)[C@H](O)[C@H]3O)c(OC)c2)ccc1O. The Morgan fingerprint density at radius 1 is 0.708 bits per heavy atom. The lowest BCUT2D eigenvalue weighted by Gasteiger charge is -2.40. The monoisotopic (exact) mass is 674 g/mol. The van der Waals surface area contributed by atoms with E-state index in [1.165, 1.54) is 45.6 Å². The van der Waals surface area contributed by atoms with E-state index < -0.39 is 43.3 Å². The molecule has 0 bridgehead atoms. The minimum atomic E-state index is -1.71. The lowest BCUT2D eigenvalue weighted by Crippen LogP contribution is -2.60. The summed E-state index contributed by atoms with van der Waals surface area (Å²) < 4.78 is 32.5. The fourth-order valence-electron chi connectivity index (χ4n) is 5.47. The van der Waals surface area contributed by atoms with Crippen LogP contribution in [0, 0.1) is 11.8 Å². The Labute approximate surface area is 277 Å². The number of phenolic OH excluding ortho intramolecular Hbond substituents is 2. The molecule has 1 saturated heterocycles. The van der Waals surface area contributed by atoms with Gasteiger partial charge in [-0.2, -0.15) is 0 Å². The number of benzene rings is 3. The second kappa shape index (κ2) is 16.7. The van der Waals surface area contributed by atoms with Crippen LogP contribution in [-0.2, 0) is 22.3 Å². The van der Waals surface area contributed by atoms with E-state index >= 15 is 0 Å². The van der Waals surface area contributed by atoms with Crippen LogP contribution in [0.25, 0.3) is 0 Å². The van der Waals surface area contributed by atoms with Crippen molar-refractivity contribution in [1.82, 2.24) is 0 Å². The summed E-state index contributed by atoms with van der Waals surface area (Å²) in [5.41, 5.74) is 1.62. The van der Waals surface area contributed by atoms with Gasteiger partial charge < -0.3 is 64.2 Å². The van der Waals surface area contributed by atoms with Crippen LogP contribution in [0.1, 0.15) is 21.5 Å². The maximum atomic E-state index is 12.6. The van der Waals surface area contributed by atoms with Gasteiger partial charge in [-0.1, -0.05) is 12.1 Å². The molecule has 14 nitrogen and oxygen atoms in total. The van der Waals surface area contributed by atoms with Crippen LogP contribution in [-0.4, -0.2) is 114 Å². The molecule has 3 aromatic rings. The Hall–Kier alpha value is -4.31. The Balaban J connectivity index is 1.43. The smallest absolute Gasteiger partial charge is 0.338 e. The summed E-state index contributed by atoms with van der Waals surface area (Å²) >= 11 is 0. The van der Waals surface area contributed by atoms with E-state index in [2.05, 4.69) is 0 Å². The average Bonchev–Trinajstić information content (AvgIpc) is 3.10. The molecular formula is C34H42O14. The van der Waals surface area contributed by atoms with Gasteiger partial charge in [-0.05, 0) is 78.3 Å². The van der Waals surface area contributed by atoms with Crippen molar-refractivity contribution >= 4 is 5.97 Å². The van der Waals surface area contributed by atoms with Crippen LogP contribution in [0.15, 0.2) is 54.6 Å². The number of phenols is 2. The summed E-state index contributed by atoms with van der Waals surface area (Å²) in [7, 11) is 4.17. The first kappa shape index (κ1) is 36.5. The highest BCUT2D eigenvalue weighted by molar-refractivity contribution is 5.90. The average molecular weight is 675 g/mol. The minimum Gasteiger partial charge on any atom is -0.504 e. The molecule has 0 aromatic heterocycles. The fraction of sp³-hybridized carbons (Fsp3) is 0.441. The van der Waals surface area contributed by atoms with Crippen molar-refractivity contribution in [1.29, 1.82) is 0 Å². The molecule has 1 fully saturated rings. The number of aromatic hydroxyl groups is 2. The van der Waals surface area contributed by atoms with Crippen LogP contribution in [0.5, 0.6) is 34.5 Å². The molecule has 0 spiro atoms. The van der Waals surface area contributed by atoms with E-state index in [1.54, 1.807) is 30.3 Å². The highest BCUT2D eigenvalue weighted by Crippen LogP contribution is 2.34. The van der Waals surface area contributed by atoms with Crippen molar-refractivity contribution in [2.24, 2.45) is 11.8 Å². The van der Waals surface area contributed by atoms with Crippen LogP contribution < -0.4 is 18.9 Å². The highest BCUT2D eigenvalue weighted by Gasteiger charge is 2.45. The Kier molecular flexibility index (Phi) is 12.7. The molecule has 7 N–H and O–H groups in total. The molecule has 4 rings (SSSR count). The van der Waals surface area contributed by atoms with Crippen LogP contribution >= 0.6 is 0 Å². The van der Waals surface area contributed by atoms with Crippen molar-refractivity contribution in [2.75, 3.05) is 41.2 Å². The first-order valence-corrected chi connectivity index (χ1v) is 15.2. The first-order valence-electron chi connectivity index (χ1n) is 15.2. The maximum absolute atomic E-state index is 12.6. The summed E-state index contributed by atoms with van der Waals surface area (Å²) in [6, 6.07) is 13.7. The summed E-state index contributed by atoms with van der Waals surface area (Å²) in [6.45, 7) is -0.915. The number of aliphatic hydroxyl groups excluding tert-OH is 5. The molecular weight excluding hydrogens is 632 g/mol. The van der Waals surface area contributed by atoms with E-state index in [-0.39, 0.29) is 59.4 Å². The van der Waals surface area contributed by atoms with Crippen molar-refractivity contribution in [2.45, 2.75) is 43.5 Å². The van der Waals surface area contributed by atoms with Gasteiger partial charge in [0.05, 0.1) is 26.9 Å². The quantitative estimate of drug-likeness (QED) is 0.113. The maximum Gasteiger partial charge on any atom is 0.338 e. The second-order valence-corrected chi connectivity index (χ2v) is 11.4. The zero-order chi connectivity index (χ0) is 35.0. The summed E-state index contributed by atoms with van der Waals surface area (Å²) in [5.74, 6) is -0.920. The predicted molar refractivity (Wildman–Crippen MR) is 168 cm³/mol. The largest absolute Gasteiger partial charge is 0.504 e. The molecule has 0 amide bonds. The van der Waals surface area contributed by atoms with Gasteiger partial charge >= 0.3 is 5.97 Å². The lowest BCUT2D eigenvalue weighted by molar-refractivity contribution is -0.277. The predicted octanol–water partition coefficient (Wildman–Crippen LogP) is 1.17. The topological polar surface area (TPSA) is 214 Å². The lowest BCUT2D eigenvalue weighted by atomic mass is 9.83. The van der Waals surface area contributed by atoms with Gasteiger partial charge in [-0.25, -0.2) is 4.79 Å². The molecule has 0 radical (unpaired) electrons. The van der Waals surface area contributed by atoms with Crippen LogP contribution in [0.3, 0.4) is 0 Å². The van der Waals surface area contributed by atoms with Crippen molar-refractivity contribution in [3.63, 3.8) is 0 Å². The Morgan fingerprint density at radius 3 is 1.83 bits per heavy atom. The van der Waals surface area contributed by atoms with Gasteiger partial charge in [0.15, 0.2) is 34.5 Å². The van der Waals surface area contributed by atoms with E-state index in [0.29, 0.717) is 18.6 Å². The summed E-state index contributed by atoms with van der Waals surface area (Å²) in [4.78, 5) is 12.6.